The van der Waals surface area contributed by atoms with E-state index in [4.69, 9.17) is 5.26 Å². The maximum absolute atomic E-state index is 13.0. The van der Waals surface area contributed by atoms with Crippen molar-refractivity contribution in [1.82, 2.24) is 10.2 Å². The Morgan fingerprint density at radius 1 is 1.11 bits per heavy atom. The van der Waals surface area contributed by atoms with Gasteiger partial charge in [0.25, 0.3) is 0 Å². The first-order chi connectivity index (χ1) is 13.2. The van der Waals surface area contributed by atoms with Gasteiger partial charge < -0.3 is 15.1 Å². The molecular formula is C21H23FN4O. The van der Waals surface area contributed by atoms with Gasteiger partial charge in [-0.2, -0.15) is 5.26 Å². The third-order valence-corrected chi connectivity index (χ3v) is 4.72. The molecule has 0 radical (unpaired) electrons. The van der Waals surface area contributed by atoms with Crippen molar-refractivity contribution in [3.05, 3.63) is 65.5 Å². The summed E-state index contributed by atoms with van der Waals surface area (Å²) in [6.45, 7) is 4.12. The van der Waals surface area contributed by atoms with Gasteiger partial charge in [0.2, 0.25) is 5.91 Å². The molecule has 1 N–H and O–H groups in total. The molecule has 1 aliphatic heterocycles. The number of benzene rings is 2. The second-order valence-electron chi connectivity index (χ2n) is 6.58. The molecule has 3 rings (SSSR count). The Hall–Kier alpha value is -2.91. The molecule has 0 atom stereocenters. The fourth-order valence-electron chi connectivity index (χ4n) is 3.20. The SMILES string of the molecule is N#Cc1cccc(CNCCC(=O)N2CCN(c3ccc(F)cc3)CC2)c1. The van der Waals surface area contributed by atoms with Gasteiger partial charge >= 0.3 is 0 Å². The highest BCUT2D eigenvalue weighted by Gasteiger charge is 2.20. The van der Waals surface area contributed by atoms with Crippen LogP contribution in [-0.2, 0) is 11.3 Å². The topological polar surface area (TPSA) is 59.4 Å². The molecule has 2 aromatic rings. The third kappa shape index (κ3) is 5.28. The lowest BCUT2D eigenvalue weighted by molar-refractivity contribution is -0.131. The average Bonchev–Trinajstić information content (AvgIpc) is 2.72. The van der Waals surface area contributed by atoms with Crippen LogP contribution in [0.25, 0.3) is 0 Å². The van der Waals surface area contributed by atoms with E-state index in [2.05, 4.69) is 16.3 Å². The lowest BCUT2D eigenvalue weighted by Crippen LogP contribution is -2.49. The van der Waals surface area contributed by atoms with E-state index in [1.807, 2.05) is 23.1 Å². The molecule has 140 valence electrons. The van der Waals surface area contributed by atoms with Gasteiger partial charge in [0.15, 0.2) is 0 Å². The fraction of sp³-hybridized carbons (Fsp3) is 0.333. The molecule has 1 aliphatic rings. The van der Waals surface area contributed by atoms with Crippen LogP contribution in [0.4, 0.5) is 10.1 Å². The van der Waals surface area contributed by atoms with Gasteiger partial charge in [-0.25, -0.2) is 4.39 Å². The van der Waals surface area contributed by atoms with Gasteiger partial charge in [0.05, 0.1) is 11.6 Å². The third-order valence-electron chi connectivity index (χ3n) is 4.72. The van der Waals surface area contributed by atoms with Crippen LogP contribution in [0.5, 0.6) is 0 Å². The predicted molar refractivity (Wildman–Crippen MR) is 103 cm³/mol. The summed E-state index contributed by atoms with van der Waals surface area (Å²) in [6, 6.07) is 16.1. The van der Waals surface area contributed by atoms with E-state index in [0.717, 1.165) is 24.3 Å². The van der Waals surface area contributed by atoms with Crippen LogP contribution in [0.1, 0.15) is 17.5 Å². The Kier molecular flexibility index (Phi) is 6.39. The Labute approximate surface area is 159 Å². The molecule has 2 aromatic carbocycles. The number of piperazine rings is 1. The first-order valence-corrected chi connectivity index (χ1v) is 9.14. The average molecular weight is 366 g/mol. The number of rotatable bonds is 6. The minimum atomic E-state index is -0.237. The number of nitrogens with one attached hydrogen (secondary N) is 1. The van der Waals surface area contributed by atoms with Crippen molar-refractivity contribution in [2.75, 3.05) is 37.6 Å². The lowest BCUT2D eigenvalue weighted by atomic mass is 10.1. The van der Waals surface area contributed by atoms with Gasteiger partial charge in [-0.1, -0.05) is 12.1 Å². The van der Waals surface area contributed by atoms with Gasteiger partial charge in [-0.15, -0.1) is 0 Å². The molecule has 0 aromatic heterocycles. The zero-order valence-corrected chi connectivity index (χ0v) is 15.2. The van der Waals surface area contributed by atoms with Crippen LogP contribution in [0.2, 0.25) is 0 Å². The largest absolute Gasteiger partial charge is 0.368 e. The predicted octanol–water partition coefficient (Wildman–Crippen LogP) is 2.53. The van der Waals surface area contributed by atoms with Crippen LogP contribution in [0.3, 0.4) is 0 Å². The van der Waals surface area contributed by atoms with Crippen molar-refractivity contribution in [3.8, 4) is 6.07 Å². The van der Waals surface area contributed by atoms with Crippen LogP contribution < -0.4 is 10.2 Å². The summed E-state index contributed by atoms with van der Waals surface area (Å²) >= 11 is 0. The highest BCUT2D eigenvalue weighted by atomic mass is 19.1. The lowest BCUT2D eigenvalue weighted by Gasteiger charge is -2.36. The highest BCUT2D eigenvalue weighted by molar-refractivity contribution is 5.76. The van der Waals surface area contributed by atoms with E-state index in [1.54, 1.807) is 18.2 Å². The molecule has 0 spiro atoms. The molecule has 1 fully saturated rings. The summed E-state index contributed by atoms with van der Waals surface area (Å²) in [7, 11) is 0. The number of carbonyl (C=O) groups excluding carboxylic acids is 1. The maximum atomic E-state index is 13.0. The van der Waals surface area contributed by atoms with Crippen molar-refractivity contribution in [2.24, 2.45) is 0 Å². The molecule has 6 heteroatoms. The zero-order chi connectivity index (χ0) is 19.1. The number of hydrogen-bond acceptors (Lipinski definition) is 4. The number of amides is 1. The number of halogens is 1. The van der Waals surface area contributed by atoms with Crippen molar-refractivity contribution < 1.29 is 9.18 Å². The van der Waals surface area contributed by atoms with Crippen LogP contribution in [0, 0.1) is 17.1 Å². The number of nitrogens with zero attached hydrogens (tertiary/aromatic N) is 3. The normalized spacial score (nSPS) is 14.1. The molecule has 1 heterocycles. The van der Waals surface area contributed by atoms with Crippen molar-refractivity contribution in [2.45, 2.75) is 13.0 Å². The summed E-state index contributed by atoms with van der Waals surface area (Å²) < 4.78 is 13.0. The van der Waals surface area contributed by atoms with E-state index in [0.29, 0.717) is 38.2 Å². The molecule has 1 amide bonds. The molecule has 0 unspecified atom stereocenters. The van der Waals surface area contributed by atoms with Gasteiger partial charge in [0.1, 0.15) is 5.82 Å². The minimum absolute atomic E-state index is 0.145. The second-order valence-corrected chi connectivity index (χ2v) is 6.58. The number of hydrogen-bond donors (Lipinski definition) is 1. The molecule has 0 bridgehead atoms. The summed E-state index contributed by atoms with van der Waals surface area (Å²) in [5.74, 6) is -0.0913. The van der Waals surface area contributed by atoms with E-state index in [-0.39, 0.29) is 11.7 Å². The first kappa shape index (κ1) is 18.9. The standard InChI is InChI=1S/C21H23FN4O/c22-19-4-6-20(7-5-19)25-10-12-26(13-11-25)21(27)8-9-24-16-18-3-1-2-17(14-18)15-23/h1-7,14,24H,8-13,16H2. The first-order valence-electron chi connectivity index (χ1n) is 9.14. The summed E-state index contributed by atoms with van der Waals surface area (Å²) in [4.78, 5) is 16.4. The highest BCUT2D eigenvalue weighted by Crippen LogP contribution is 2.17. The van der Waals surface area contributed by atoms with Crippen molar-refractivity contribution in [1.29, 1.82) is 5.26 Å². The van der Waals surface area contributed by atoms with Crippen LogP contribution in [-0.4, -0.2) is 43.5 Å². The molecule has 27 heavy (non-hydrogen) atoms. The summed E-state index contributed by atoms with van der Waals surface area (Å²) in [6.07, 6.45) is 0.453. The summed E-state index contributed by atoms with van der Waals surface area (Å²) in [5, 5.41) is 12.2. The maximum Gasteiger partial charge on any atom is 0.223 e. The van der Waals surface area contributed by atoms with Crippen LogP contribution in [0.15, 0.2) is 48.5 Å². The van der Waals surface area contributed by atoms with Crippen molar-refractivity contribution in [3.63, 3.8) is 0 Å². The van der Waals surface area contributed by atoms with E-state index in [1.165, 1.54) is 12.1 Å². The molecular weight excluding hydrogens is 343 g/mol. The fourth-order valence-corrected chi connectivity index (χ4v) is 3.20. The van der Waals surface area contributed by atoms with E-state index < -0.39 is 0 Å². The van der Waals surface area contributed by atoms with E-state index in [9.17, 15) is 9.18 Å². The molecule has 0 saturated carbocycles. The molecule has 5 nitrogen and oxygen atoms in total. The monoisotopic (exact) mass is 366 g/mol. The van der Waals surface area contributed by atoms with Crippen LogP contribution >= 0.6 is 0 Å². The summed E-state index contributed by atoms with van der Waals surface area (Å²) in [5.41, 5.74) is 2.67. The minimum Gasteiger partial charge on any atom is -0.368 e. The molecule has 1 saturated heterocycles. The smallest absolute Gasteiger partial charge is 0.223 e. The number of nitriles is 1. The van der Waals surface area contributed by atoms with E-state index >= 15 is 0 Å². The zero-order valence-electron chi connectivity index (χ0n) is 15.2. The van der Waals surface area contributed by atoms with Crippen molar-refractivity contribution >= 4 is 11.6 Å². The number of anilines is 1. The Balaban J connectivity index is 1.38. The number of carbonyl (C=O) groups is 1. The van der Waals surface area contributed by atoms with Gasteiger partial charge in [-0.05, 0) is 42.0 Å². The second kappa shape index (κ2) is 9.15. The Bertz CT molecular complexity index is 808. The van der Waals surface area contributed by atoms with Gasteiger partial charge in [0, 0.05) is 51.4 Å². The molecule has 0 aliphatic carbocycles. The van der Waals surface area contributed by atoms with Gasteiger partial charge in [-0.3, -0.25) is 4.79 Å². The Morgan fingerprint density at radius 2 is 1.85 bits per heavy atom. The Morgan fingerprint density at radius 3 is 2.56 bits per heavy atom. The quantitative estimate of drug-likeness (QED) is 0.798.